The predicted molar refractivity (Wildman–Crippen MR) is 82.1 cm³/mol. The molecule has 0 amide bonds. The Balaban J connectivity index is 2.73. The Morgan fingerprint density at radius 2 is 2.15 bits per heavy atom. The molecule has 1 aromatic rings. The van der Waals surface area contributed by atoms with Crippen molar-refractivity contribution in [1.82, 2.24) is 10.3 Å². The summed E-state index contributed by atoms with van der Waals surface area (Å²) in [5.74, 6) is 0.907. The lowest BCUT2D eigenvalue weighted by molar-refractivity contribution is 0.199. The van der Waals surface area contributed by atoms with Gasteiger partial charge in [-0.1, -0.05) is 0 Å². The van der Waals surface area contributed by atoms with Crippen LogP contribution in [0.1, 0.15) is 25.0 Å². The molecule has 0 spiro atoms. The van der Waals surface area contributed by atoms with Crippen molar-refractivity contribution in [3.8, 4) is 0 Å². The van der Waals surface area contributed by atoms with Gasteiger partial charge in [-0.2, -0.15) is 0 Å². The molecule has 0 radical (unpaired) electrons. The standard InChI is InChI=1S/C15H27N3O2/c1-12-8-13(9-16-6-7-20-5)10-17-14(12)18(4)15(2,3)11-19/h8,10,16,19H,6-7,9,11H2,1-5H3. The number of rotatable bonds is 8. The molecule has 1 heterocycles. The highest BCUT2D eigenvalue weighted by atomic mass is 16.5. The number of nitrogens with one attached hydrogen (secondary N) is 1. The van der Waals surface area contributed by atoms with Crippen molar-refractivity contribution in [2.45, 2.75) is 32.9 Å². The molecule has 0 unspecified atom stereocenters. The molecule has 0 aliphatic carbocycles. The van der Waals surface area contributed by atoms with Gasteiger partial charge in [0.2, 0.25) is 0 Å². The van der Waals surface area contributed by atoms with E-state index in [-0.39, 0.29) is 12.1 Å². The highest BCUT2D eigenvalue weighted by molar-refractivity contribution is 5.48. The number of nitrogens with zero attached hydrogens (tertiary/aromatic N) is 2. The number of aliphatic hydroxyl groups excluding tert-OH is 1. The Morgan fingerprint density at radius 1 is 1.45 bits per heavy atom. The normalized spacial score (nSPS) is 11.7. The van der Waals surface area contributed by atoms with Crippen LogP contribution in [-0.2, 0) is 11.3 Å². The van der Waals surface area contributed by atoms with Crippen molar-refractivity contribution in [2.24, 2.45) is 0 Å². The summed E-state index contributed by atoms with van der Waals surface area (Å²) in [6.07, 6.45) is 1.88. The molecule has 0 aromatic carbocycles. The number of pyridine rings is 1. The van der Waals surface area contributed by atoms with E-state index >= 15 is 0 Å². The Hall–Kier alpha value is -1.17. The first-order valence-corrected chi connectivity index (χ1v) is 6.92. The number of aryl methyl sites for hydroxylation is 1. The molecule has 114 valence electrons. The van der Waals surface area contributed by atoms with Gasteiger partial charge in [0.15, 0.2) is 0 Å². The average molecular weight is 281 g/mol. The van der Waals surface area contributed by atoms with E-state index in [0.717, 1.165) is 30.0 Å². The van der Waals surface area contributed by atoms with E-state index in [9.17, 15) is 5.11 Å². The van der Waals surface area contributed by atoms with Gasteiger partial charge < -0.3 is 20.1 Å². The molecule has 0 atom stereocenters. The SMILES string of the molecule is COCCNCc1cnc(N(C)C(C)(C)CO)c(C)c1. The molecule has 0 saturated heterocycles. The Morgan fingerprint density at radius 3 is 2.70 bits per heavy atom. The number of aliphatic hydroxyl groups is 1. The minimum Gasteiger partial charge on any atom is -0.394 e. The van der Waals surface area contributed by atoms with Crippen LogP contribution >= 0.6 is 0 Å². The van der Waals surface area contributed by atoms with E-state index < -0.39 is 0 Å². The number of hydrogen-bond donors (Lipinski definition) is 2. The topological polar surface area (TPSA) is 57.6 Å². The van der Waals surface area contributed by atoms with Gasteiger partial charge in [-0.05, 0) is 38.0 Å². The second-order valence-electron chi connectivity index (χ2n) is 5.68. The van der Waals surface area contributed by atoms with Crippen LogP contribution in [0.2, 0.25) is 0 Å². The van der Waals surface area contributed by atoms with Crippen LogP contribution in [0.15, 0.2) is 12.3 Å². The first kappa shape index (κ1) is 16.9. The molecule has 2 N–H and O–H groups in total. The average Bonchev–Trinajstić information content (AvgIpc) is 2.43. The third-order valence-electron chi connectivity index (χ3n) is 3.53. The third-order valence-corrected chi connectivity index (χ3v) is 3.53. The van der Waals surface area contributed by atoms with Gasteiger partial charge in [-0.25, -0.2) is 4.98 Å². The Kier molecular flexibility index (Phi) is 6.39. The smallest absolute Gasteiger partial charge is 0.131 e. The monoisotopic (exact) mass is 281 g/mol. The number of methoxy groups -OCH3 is 1. The fourth-order valence-electron chi connectivity index (χ4n) is 1.87. The van der Waals surface area contributed by atoms with E-state index in [1.165, 1.54) is 0 Å². The molecule has 1 rings (SSSR count). The quantitative estimate of drug-likeness (QED) is 0.704. The summed E-state index contributed by atoms with van der Waals surface area (Å²) in [6.45, 7) is 8.44. The zero-order chi connectivity index (χ0) is 15.2. The van der Waals surface area contributed by atoms with Gasteiger partial charge in [-0.15, -0.1) is 0 Å². The molecular formula is C15H27N3O2. The maximum absolute atomic E-state index is 9.45. The third kappa shape index (κ3) is 4.44. The minimum atomic E-state index is -0.323. The van der Waals surface area contributed by atoms with Gasteiger partial charge in [0.1, 0.15) is 5.82 Å². The molecule has 0 aliphatic rings. The van der Waals surface area contributed by atoms with Crippen LogP contribution < -0.4 is 10.2 Å². The van der Waals surface area contributed by atoms with E-state index in [1.807, 2.05) is 38.9 Å². The first-order valence-electron chi connectivity index (χ1n) is 6.92. The molecule has 1 aromatic heterocycles. The van der Waals surface area contributed by atoms with Crippen LogP contribution in [0.25, 0.3) is 0 Å². The molecule has 0 aliphatic heterocycles. The van der Waals surface area contributed by atoms with Crippen molar-refractivity contribution < 1.29 is 9.84 Å². The van der Waals surface area contributed by atoms with Gasteiger partial charge in [0, 0.05) is 33.4 Å². The van der Waals surface area contributed by atoms with Crippen LogP contribution in [0.4, 0.5) is 5.82 Å². The lowest BCUT2D eigenvalue weighted by Gasteiger charge is -2.35. The summed E-state index contributed by atoms with van der Waals surface area (Å²) in [7, 11) is 3.66. The summed E-state index contributed by atoms with van der Waals surface area (Å²) < 4.78 is 5.00. The number of hydrogen-bond acceptors (Lipinski definition) is 5. The molecule has 20 heavy (non-hydrogen) atoms. The van der Waals surface area contributed by atoms with Crippen LogP contribution in [0, 0.1) is 6.92 Å². The fourth-order valence-corrected chi connectivity index (χ4v) is 1.87. The van der Waals surface area contributed by atoms with Crippen molar-refractivity contribution in [3.63, 3.8) is 0 Å². The minimum absolute atomic E-state index is 0.0882. The van der Waals surface area contributed by atoms with Crippen molar-refractivity contribution in [2.75, 3.05) is 38.8 Å². The van der Waals surface area contributed by atoms with Crippen LogP contribution in [0.5, 0.6) is 0 Å². The van der Waals surface area contributed by atoms with Gasteiger partial charge in [0.05, 0.1) is 18.8 Å². The van der Waals surface area contributed by atoms with E-state index in [0.29, 0.717) is 6.61 Å². The second kappa shape index (κ2) is 7.57. The zero-order valence-corrected chi connectivity index (χ0v) is 13.2. The number of aromatic nitrogens is 1. The lowest BCUT2D eigenvalue weighted by Crippen LogP contribution is -2.45. The lowest BCUT2D eigenvalue weighted by atomic mass is 10.0. The largest absolute Gasteiger partial charge is 0.394 e. The first-order chi connectivity index (χ1) is 9.42. The van der Waals surface area contributed by atoms with E-state index in [1.54, 1.807) is 7.11 Å². The van der Waals surface area contributed by atoms with Gasteiger partial charge >= 0.3 is 0 Å². The molecule has 0 saturated carbocycles. The second-order valence-corrected chi connectivity index (χ2v) is 5.68. The highest BCUT2D eigenvalue weighted by Crippen LogP contribution is 2.23. The summed E-state index contributed by atoms with van der Waals surface area (Å²) in [5, 5.41) is 12.7. The maximum Gasteiger partial charge on any atom is 0.131 e. The fraction of sp³-hybridized carbons (Fsp3) is 0.667. The highest BCUT2D eigenvalue weighted by Gasteiger charge is 2.24. The molecule has 0 fully saturated rings. The summed E-state index contributed by atoms with van der Waals surface area (Å²) in [5.41, 5.74) is 1.94. The molecule has 5 nitrogen and oxygen atoms in total. The summed E-state index contributed by atoms with van der Waals surface area (Å²) in [4.78, 5) is 6.55. The molecule has 0 bridgehead atoms. The molecule has 5 heteroatoms. The van der Waals surface area contributed by atoms with E-state index in [4.69, 9.17) is 4.74 Å². The molecular weight excluding hydrogens is 254 g/mol. The van der Waals surface area contributed by atoms with Crippen molar-refractivity contribution in [3.05, 3.63) is 23.4 Å². The Labute approximate surface area is 122 Å². The predicted octanol–water partition coefficient (Wildman–Crippen LogP) is 1.33. The van der Waals surface area contributed by atoms with Gasteiger partial charge in [-0.3, -0.25) is 0 Å². The Bertz CT molecular complexity index is 422. The van der Waals surface area contributed by atoms with Crippen molar-refractivity contribution >= 4 is 5.82 Å². The number of likely N-dealkylation sites (N-methyl/N-ethyl adjacent to an activating group) is 1. The number of anilines is 1. The number of ether oxygens (including phenoxy) is 1. The van der Waals surface area contributed by atoms with E-state index in [2.05, 4.69) is 16.4 Å². The zero-order valence-electron chi connectivity index (χ0n) is 13.2. The van der Waals surface area contributed by atoms with Gasteiger partial charge in [0.25, 0.3) is 0 Å². The van der Waals surface area contributed by atoms with Crippen LogP contribution in [0.3, 0.4) is 0 Å². The maximum atomic E-state index is 9.45. The van der Waals surface area contributed by atoms with Crippen LogP contribution in [-0.4, -0.2) is 49.5 Å². The summed E-state index contributed by atoms with van der Waals surface area (Å²) in [6, 6.07) is 2.13. The van der Waals surface area contributed by atoms with Crippen molar-refractivity contribution in [1.29, 1.82) is 0 Å². The summed E-state index contributed by atoms with van der Waals surface area (Å²) >= 11 is 0.